The topological polar surface area (TPSA) is 49.8 Å². The van der Waals surface area contributed by atoms with Crippen molar-refractivity contribution in [2.24, 2.45) is 5.92 Å². The molecule has 0 aromatic heterocycles. The molecule has 0 aliphatic carbocycles. The Bertz CT molecular complexity index is 321. The van der Waals surface area contributed by atoms with E-state index in [1.54, 1.807) is 6.92 Å². The van der Waals surface area contributed by atoms with Crippen LogP contribution in [0.5, 0.6) is 0 Å². The summed E-state index contributed by atoms with van der Waals surface area (Å²) < 4.78 is 0. The van der Waals surface area contributed by atoms with Gasteiger partial charge in [-0.25, -0.2) is 5.06 Å². The smallest absolute Gasteiger partial charge is 0.251 e. The second-order valence-electron chi connectivity index (χ2n) is 4.17. The van der Waals surface area contributed by atoms with E-state index in [0.717, 1.165) is 16.2 Å². The molecule has 0 aromatic carbocycles. The van der Waals surface area contributed by atoms with E-state index < -0.39 is 12.0 Å². The third kappa shape index (κ3) is 4.71. The molecule has 17 heavy (non-hydrogen) atoms. The Morgan fingerprint density at radius 3 is 2.35 bits per heavy atom. The van der Waals surface area contributed by atoms with Crippen LogP contribution in [-0.2, 0) is 9.63 Å². The zero-order valence-electron chi connectivity index (χ0n) is 11.5. The summed E-state index contributed by atoms with van der Waals surface area (Å²) in [6.07, 6.45) is 3.03. The van der Waals surface area contributed by atoms with Crippen LogP contribution in [0.25, 0.3) is 0 Å². The number of amides is 1. The van der Waals surface area contributed by atoms with Gasteiger partial charge in [-0.2, -0.15) is 0 Å². The molecule has 0 aliphatic rings. The lowest BCUT2D eigenvalue weighted by Crippen LogP contribution is -2.37. The van der Waals surface area contributed by atoms with Gasteiger partial charge in [0.25, 0.3) is 5.91 Å². The molecular weight excluding hydrogens is 218 g/mol. The molecule has 0 aliphatic heterocycles. The standard InChI is InChI=1S/C13H23NO3/c1-7-9(2)8-10(3)12(15)11(4)13(16)14(5)17-6/h7-8,11-12,15H,1-6H3/b9-7+,10-8+/t11-,12-/m1/s1. The molecule has 0 heterocycles. The monoisotopic (exact) mass is 241 g/mol. The molecule has 1 N–H and O–H groups in total. The lowest BCUT2D eigenvalue weighted by Gasteiger charge is -2.23. The number of aliphatic hydroxyl groups excluding tert-OH is 1. The van der Waals surface area contributed by atoms with Gasteiger partial charge in [-0.1, -0.05) is 24.6 Å². The molecule has 0 bridgehead atoms. The molecule has 0 spiro atoms. The highest BCUT2D eigenvalue weighted by atomic mass is 16.7. The van der Waals surface area contributed by atoms with Crippen LogP contribution in [0.2, 0.25) is 0 Å². The van der Waals surface area contributed by atoms with Crippen molar-refractivity contribution in [2.45, 2.75) is 33.8 Å². The van der Waals surface area contributed by atoms with Gasteiger partial charge in [-0.15, -0.1) is 0 Å². The molecule has 4 nitrogen and oxygen atoms in total. The second kappa shape index (κ2) is 7.25. The lowest BCUT2D eigenvalue weighted by atomic mass is 9.96. The first-order valence-corrected chi connectivity index (χ1v) is 5.66. The number of carbonyl (C=O) groups excluding carboxylic acids is 1. The van der Waals surface area contributed by atoms with Crippen molar-refractivity contribution < 1.29 is 14.7 Å². The molecule has 0 saturated carbocycles. The molecular formula is C13H23NO3. The maximum atomic E-state index is 11.8. The Morgan fingerprint density at radius 1 is 1.41 bits per heavy atom. The SMILES string of the molecule is C/C=C(C)/C=C(\C)[C@@H](O)[C@@H](C)C(=O)N(C)OC. The third-order valence-corrected chi connectivity index (χ3v) is 2.82. The predicted octanol–water partition coefficient (Wildman–Crippen LogP) is 1.92. The van der Waals surface area contributed by atoms with E-state index in [-0.39, 0.29) is 5.91 Å². The van der Waals surface area contributed by atoms with Gasteiger partial charge in [0.1, 0.15) is 0 Å². The van der Waals surface area contributed by atoms with Gasteiger partial charge in [-0.05, 0) is 26.3 Å². The Hall–Kier alpha value is -1.13. The zero-order valence-corrected chi connectivity index (χ0v) is 11.5. The van der Waals surface area contributed by atoms with E-state index in [1.165, 1.54) is 14.2 Å². The Balaban J connectivity index is 4.76. The maximum Gasteiger partial charge on any atom is 0.251 e. The zero-order chi connectivity index (χ0) is 13.6. The van der Waals surface area contributed by atoms with Crippen LogP contribution in [0.1, 0.15) is 27.7 Å². The molecule has 0 radical (unpaired) electrons. The van der Waals surface area contributed by atoms with Gasteiger partial charge >= 0.3 is 0 Å². The maximum absolute atomic E-state index is 11.8. The van der Waals surface area contributed by atoms with Crippen LogP contribution in [0.4, 0.5) is 0 Å². The lowest BCUT2D eigenvalue weighted by molar-refractivity contribution is -0.175. The second-order valence-corrected chi connectivity index (χ2v) is 4.17. The molecule has 0 aromatic rings. The minimum absolute atomic E-state index is 0.245. The van der Waals surface area contributed by atoms with Gasteiger partial charge in [0.05, 0.1) is 19.1 Å². The first-order valence-electron chi connectivity index (χ1n) is 5.66. The van der Waals surface area contributed by atoms with Crippen molar-refractivity contribution in [2.75, 3.05) is 14.2 Å². The van der Waals surface area contributed by atoms with Crippen molar-refractivity contribution in [1.29, 1.82) is 0 Å². The molecule has 0 rings (SSSR count). The van der Waals surface area contributed by atoms with Crippen molar-refractivity contribution in [3.63, 3.8) is 0 Å². The summed E-state index contributed by atoms with van der Waals surface area (Å²) in [7, 11) is 2.95. The van der Waals surface area contributed by atoms with Gasteiger partial charge in [-0.3, -0.25) is 9.63 Å². The van der Waals surface area contributed by atoms with Gasteiger partial charge < -0.3 is 5.11 Å². The molecule has 4 heteroatoms. The summed E-state index contributed by atoms with van der Waals surface area (Å²) in [4.78, 5) is 16.6. The molecule has 2 atom stereocenters. The van der Waals surface area contributed by atoms with E-state index in [2.05, 4.69) is 0 Å². The van der Waals surface area contributed by atoms with Crippen molar-refractivity contribution >= 4 is 5.91 Å². The van der Waals surface area contributed by atoms with Crippen molar-refractivity contribution in [1.82, 2.24) is 5.06 Å². The molecule has 0 fully saturated rings. The number of hydrogen-bond acceptors (Lipinski definition) is 3. The van der Waals surface area contributed by atoms with Crippen LogP contribution >= 0.6 is 0 Å². The number of nitrogens with zero attached hydrogens (tertiary/aromatic N) is 1. The largest absolute Gasteiger partial charge is 0.388 e. The fourth-order valence-electron chi connectivity index (χ4n) is 1.43. The quantitative estimate of drug-likeness (QED) is 0.591. The third-order valence-electron chi connectivity index (χ3n) is 2.82. The van der Waals surface area contributed by atoms with Crippen LogP contribution < -0.4 is 0 Å². The number of allylic oxidation sites excluding steroid dienone is 3. The highest BCUT2D eigenvalue weighted by Gasteiger charge is 2.26. The van der Waals surface area contributed by atoms with E-state index in [4.69, 9.17) is 4.84 Å². The first kappa shape index (κ1) is 15.9. The number of carbonyl (C=O) groups is 1. The number of hydroxylamine groups is 2. The van der Waals surface area contributed by atoms with Gasteiger partial charge in [0.2, 0.25) is 0 Å². The first-order chi connectivity index (χ1) is 7.84. The van der Waals surface area contributed by atoms with E-state index in [9.17, 15) is 9.90 Å². The minimum atomic E-state index is -0.796. The summed E-state index contributed by atoms with van der Waals surface area (Å²) in [6.45, 7) is 7.38. The number of rotatable bonds is 5. The predicted molar refractivity (Wildman–Crippen MR) is 68.1 cm³/mol. The van der Waals surface area contributed by atoms with E-state index in [0.29, 0.717) is 0 Å². The summed E-state index contributed by atoms with van der Waals surface area (Å²) >= 11 is 0. The average molecular weight is 241 g/mol. The fourth-order valence-corrected chi connectivity index (χ4v) is 1.43. The summed E-state index contributed by atoms with van der Waals surface area (Å²) in [6, 6.07) is 0. The molecule has 98 valence electrons. The van der Waals surface area contributed by atoms with Crippen LogP contribution in [0.15, 0.2) is 23.3 Å². The highest BCUT2D eigenvalue weighted by molar-refractivity contribution is 5.78. The van der Waals surface area contributed by atoms with E-state index >= 15 is 0 Å². The number of hydrogen-bond donors (Lipinski definition) is 1. The van der Waals surface area contributed by atoms with Crippen molar-refractivity contribution in [3.8, 4) is 0 Å². The van der Waals surface area contributed by atoms with Gasteiger partial charge in [0, 0.05) is 7.05 Å². The van der Waals surface area contributed by atoms with Crippen molar-refractivity contribution in [3.05, 3.63) is 23.3 Å². The molecule has 1 amide bonds. The Labute approximate surface area is 104 Å². The highest BCUT2D eigenvalue weighted by Crippen LogP contribution is 2.16. The molecule has 0 saturated heterocycles. The van der Waals surface area contributed by atoms with Crippen LogP contribution in [-0.4, -0.2) is 36.3 Å². The summed E-state index contributed by atoms with van der Waals surface area (Å²) in [5, 5.41) is 11.2. The van der Waals surface area contributed by atoms with E-state index in [1.807, 2.05) is 32.9 Å². The molecule has 0 unspecified atom stereocenters. The van der Waals surface area contributed by atoms with Crippen LogP contribution in [0, 0.1) is 5.92 Å². The summed E-state index contributed by atoms with van der Waals surface area (Å²) in [5.41, 5.74) is 1.83. The van der Waals surface area contributed by atoms with Crippen LogP contribution in [0.3, 0.4) is 0 Å². The van der Waals surface area contributed by atoms with Gasteiger partial charge in [0.15, 0.2) is 0 Å². The Morgan fingerprint density at radius 2 is 1.94 bits per heavy atom. The average Bonchev–Trinajstić information content (AvgIpc) is 2.34. The number of aliphatic hydroxyl groups is 1. The normalized spacial score (nSPS) is 16.6. The minimum Gasteiger partial charge on any atom is -0.388 e. The fraction of sp³-hybridized carbons (Fsp3) is 0.615. The Kier molecular flexibility index (Phi) is 6.76. The summed E-state index contributed by atoms with van der Waals surface area (Å²) in [5.74, 6) is -0.772.